The van der Waals surface area contributed by atoms with Crippen LogP contribution in [-0.2, 0) is 21.0 Å². The molecule has 0 aromatic heterocycles. The van der Waals surface area contributed by atoms with Gasteiger partial charge in [-0.05, 0) is 44.6 Å². The molecule has 0 spiro atoms. The minimum atomic E-state index is -0.103. The molecule has 156 valence electrons. The van der Waals surface area contributed by atoms with Crippen LogP contribution in [0.4, 0.5) is 5.69 Å². The third-order valence-electron chi connectivity index (χ3n) is 5.10. The first kappa shape index (κ1) is 22.9. The molecule has 29 heavy (non-hydrogen) atoms. The molecule has 1 amide bonds. The normalized spacial score (nSPS) is 13.0. The Balaban J connectivity index is 2.56. The second-order valence-corrected chi connectivity index (χ2v) is 10.9. The molecule has 0 aliphatic rings. The van der Waals surface area contributed by atoms with Crippen molar-refractivity contribution in [2.75, 3.05) is 5.32 Å². The van der Waals surface area contributed by atoms with Gasteiger partial charge in [-0.2, -0.15) is 0 Å². The second-order valence-electron chi connectivity index (χ2n) is 10.9. The van der Waals surface area contributed by atoms with E-state index in [1.165, 1.54) is 16.7 Å². The number of benzene rings is 2. The molecule has 2 heteroatoms. The van der Waals surface area contributed by atoms with Crippen molar-refractivity contribution in [2.45, 2.75) is 78.6 Å². The van der Waals surface area contributed by atoms with Gasteiger partial charge in [0, 0.05) is 11.8 Å². The van der Waals surface area contributed by atoms with Crippen LogP contribution >= 0.6 is 0 Å². The van der Waals surface area contributed by atoms with Crippen molar-refractivity contribution in [3.63, 3.8) is 0 Å². The van der Waals surface area contributed by atoms with E-state index in [2.05, 4.69) is 79.8 Å². The predicted octanol–water partition coefficient (Wildman–Crippen LogP) is 7.23. The molecule has 0 saturated carbocycles. The predicted molar refractivity (Wildman–Crippen MR) is 127 cm³/mol. The molecule has 2 rings (SSSR count). The summed E-state index contributed by atoms with van der Waals surface area (Å²) in [5.41, 5.74) is 5.46. The molecule has 2 aromatic rings. The molecule has 0 aliphatic carbocycles. The molecule has 0 fully saturated rings. The molecule has 0 aliphatic heterocycles. The zero-order valence-corrected chi connectivity index (χ0v) is 19.6. The van der Waals surface area contributed by atoms with E-state index in [9.17, 15) is 4.79 Å². The van der Waals surface area contributed by atoms with Gasteiger partial charge in [-0.1, -0.05) is 105 Å². The minimum Gasteiger partial charge on any atom is -0.322 e. The van der Waals surface area contributed by atoms with Crippen LogP contribution in [-0.4, -0.2) is 5.91 Å². The van der Waals surface area contributed by atoms with Gasteiger partial charge in [-0.15, -0.1) is 0 Å². The van der Waals surface area contributed by atoms with Gasteiger partial charge < -0.3 is 5.32 Å². The first-order valence-corrected chi connectivity index (χ1v) is 10.4. The van der Waals surface area contributed by atoms with E-state index in [1.807, 2.05) is 36.4 Å². The van der Waals surface area contributed by atoms with E-state index in [-0.39, 0.29) is 22.2 Å². The summed E-state index contributed by atoms with van der Waals surface area (Å²) in [4.78, 5) is 12.8. The summed E-state index contributed by atoms with van der Waals surface area (Å²) in [6.45, 7) is 19.9. The highest BCUT2D eigenvalue weighted by Crippen LogP contribution is 2.41. The highest BCUT2D eigenvalue weighted by molar-refractivity contribution is 6.03. The second kappa shape index (κ2) is 8.18. The number of amides is 1. The smallest absolute Gasteiger partial charge is 0.248 e. The Morgan fingerprint density at radius 1 is 0.759 bits per heavy atom. The molecule has 0 atom stereocenters. The van der Waals surface area contributed by atoms with Crippen LogP contribution in [0.15, 0.2) is 48.5 Å². The zero-order valence-electron chi connectivity index (χ0n) is 19.6. The third kappa shape index (κ3) is 6.06. The highest BCUT2D eigenvalue weighted by atomic mass is 16.1. The number of hydrogen-bond donors (Lipinski definition) is 1. The summed E-state index contributed by atoms with van der Waals surface area (Å²) in [5.74, 6) is -0.103. The molecule has 0 unspecified atom stereocenters. The highest BCUT2D eigenvalue weighted by Gasteiger charge is 2.29. The van der Waals surface area contributed by atoms with Crippen LogP contribution in [0.1, 0.15) is 84.6 Å². The molecule has 0 radical (unpaired) electrons. The Kier molecular flexibility index (Phi) is 6.47. The summed E-state index contributed by atoms with van der Waals surface area (Å²) in [5, 5.41) is 3.22. The van der Waals surface area contributed by atoms with Crippen molar-refractivity contribution in [1.82, 2.24) is 0 Å². The number of carbonyl (C=O) groups is 1. The topological polar surface area (TPSA) is 29.1 Å². The zero-order chi connectivity index (χ0) is 22.0. The average molecular weight is 392 g/mol. The molecule has 0 saturated heterocycles. The molecule has 2 aromatic carbocycles. The van der Waals surface area contributed by atoms with Crippen molar-refractivity contribution >= 4 is 17.7 Å². The fourth-order valence-electron chi connectivity index (χ4n) is 3.29. The van der Waals surface area contributed by atoms with E-state index in [0.29, 0.717) is 0 Å². The Morgan fingerprint density at radius 2 is 1.24 bits per heavy atom. The quantitative estimate of drug-likeness (QED) is 0.549. The Labute approximate surface area is 177 Å². The molecule has 0 bridgehead atoms. The maximum Gasteiger partial charge on any atom is 0.248 e. The number of hydrogen-bond acceptors (Lipinski definition) is 1. The summed E-state index contributed by atoms with van der Waals surface area (Å²) in [6, 6.07) is 14.4. The lowest BCUT2D eigenvalue weighted by Gasteiger charge is -2.33. The molecule has 0 heterocycles. The first-order valence-electron chi connectivity index (χ1n) is 10.4. The van der Waals surface area contributed by atoms with Gasteiger partial charge in [0.15, 0.2) is 0 Å². The summed E-state index contributed by atoms with van der Waals surface area (Å²) in [7, 11) is 0. The van der Waals surface area contributed by atoms with Crippen molar-refractivity contribution < 1.29 is 4.79 Å². The van der Waals surface area contributed by atoms with Crippen molar-refractivity contribution in [3.8, 4) is 0 Å². The van der Waals surface area contributed by atoms with E-state index >= 15 is 0 Å². The van der Waals surface area contributed by atoms with E-state index < -0.39 is 0 Å². The SMILES string of the molecule is CC(C)(C)c1cc(C(C)(C)C)c(NC(=O)C=Cc2ccccc2)c(C(C)(C)C)c1. The van der Waals surface area contributed by atoms with Crippen LogP contribution in [0.25, 0.3) is 6.08 Å². The lowest BCUT2D eigenvalue weighted by Crippen LogP contribution is -2.25. The van der Waals surface area contributed by atoms with E-state index in [0.717, 1.165) is 11.3 Å². The lowest BCUT2D eigenvalue weighted by molar-refractivity contribution is -0.111. The molecule has 2 nitrogen and oxygen atoms in total. The monoisotopic (exact) mass is 391 g/mol. The Hall–Kier alpha value is -2.35. The van der Waals surface area contributed by atoms with Crippen LogP contribution in [0.2, 0.25) is 0 Å². The number of rotatable bonds is 3. The van der Waals surface area contributed by atoms with Crippen molar-refractivity contribution in [1.29, 1.82) is 0 Å². The number of anilines is 1. The van der Waals surface area contributed by atoms with Gasteiger partial charge >= 0.3 is 0 Å². The lowest BCUT2D eigenvalue weighted by atomic mass is 9.74. The average Bonchev–Trinajstić information content (AvgIpc) is 2.58. The van der Waals surface area contributed by atoms with Gasteiger partial charge in [0.05, 0.1) is 0 Å². The first-order chi connectivity index (χ1) is 13.2. The van der Waals surface area contributed by atoms with Gasteiger partial charge in [0.25, 0.3) is 0 Å². The van der Waals surface area contributed by atoms with Crippen LogP contribution in [0.5, 0.6) is 0 Å². The fraction of sp³-hybridized carbons (Fsp3) is 0.444. The maximum absolute atomic E-state index is 12.8. The van der Waals surface area contributed by atoms with Gasteiger partial charge in [-0.3, -0.25) is 4.79 Å². The Morgan fingerprint density at radius 3 is 1.66 bits per heavy atom. The van der Waals surface area contributed by atoms with Gasteiger partial charge in [-0.25, -0.2) is 0 Å². The molecular formula is C27H37NO. The summed E-state index contributed by atoms with van der Waals surface area (Å²) >= 11 is 0. The van der Waals surface area contributed by atoms with Crippen molar-refractivity contribution in [3.05, 3.63) is 70.8 Å². The number of carbonyl (C=O) groups excluding carboxylic acids is 1. The summed E-state index contributed by atoms with van der Waals surface area (Å²) < 4.78 is 0. The van der Waals surface area contributed by atoms with Crippen LogP contribution in [0, 0.1) is 0 Å². The largest absolute Gasteiger partial charge is 0.322 e. The maximum atomic E-state index is 12.8. The standard InChI is InChI=1S/C27H37NO/c1-25(2,3)20-17-21(26(4,5)6)24(22(18-20)27(7,8)9)28-23(29)16-15-19-13-11-10-12-14-19/h10-18H,1-9H3,(H,28,29). The third-order valence-corrected chi connectivity index (χ3v) is 5.10. The Bertz CT molecular complexity index is 850. The molecular weight excluding hydrogens is 354 g/mol. The number of nitrogens with one attached hydrogen (secondary N) is 1. The van der Waals surface area contributed by atoms with E-state index in [1.54, 1.807) is 6.08 Å². The fourth-order valence-corrected chi connectivity index (χ4v) is 3.29. The molecule has 1 N–H and O–H groups in total. The minimum absolute atomic E-state index is 0.0375. The van der Waals surface area contributed by atoms with E-state index in [4.69, 9.17) is 0 Å². The van der Waals surface area contributed by atoms with Crippen LogP contribution < -0.4 is 5.32 Å². The van der Waals surface area contributed by atoms with Crippen molar-refractivity contribution in [2.24, 2.45) is 0 Å². The van der Waals surface area contributed by atoms with Gasteiger partial charge in [0.1, 0.15) is 0 Å². The van der Waals surface area contributed by atoms with Crippen LogP contribution in [0.3, 0.4) is 0 Å². The van der Waals surface area contributed by atoms with Gasteiger partial charge in [0.2, 0.25) is 5.91 Å². The summed E-state index contributed by atoms with van der Waals surface area (Å²) in [6.07, 6.45) is 3.47.